The first kappa shape index (κ1) is 18.1. The number of aromatic nitrogens is 3. The van der Waals surface area contributed by atoms with Crippen LogP contribution in [0.3, 0.4) is 0 Å². The van der Waals surface area contributed by atoms with Crippen LogP contribution in [0, 0.1) is 0 Å². The highest BCUT2D eigenvalue weighted by Crippen LogP contribution is 2.30. The highest BCUT2D eigenvalue weighted by atomic mass is 35.5. The molecule has 9 heteroatoms. The number of carbonyl (C=O) groups is 2. The molecule has 0 atom stereocenters. The van der Waals surface area contributed by atoms with E-state index in [4.69, 9.17) is 23.2 Å². The topological polar surface area (TPSA) is 103 Å². The zero-order chi connectivity index (χ0) is 19.7. The van der Waals surface area contributed by atoms with Crippen molar-refractivity contribution in [1.82, 2.24) is 15.0 Å². The van der Waals surface area contributed by atoms with Crippen LogP contribution < -0.4 is 10.6 Å². The molecule has 0 aliphatic carbocycles. The summed E-state index contributed by atoms with van der Waals surface area (Å²) in [6.45, 7) is 0. The number of rotatable bonds is 4. The second kappa shape index (κ2) is 7.38. The third-order valence-corrected chi connectivity index (χ3v) is 4.54. The predicted octanol–water partition coefficient (Wildman–Crippen LogP) is 4.70. The minimum Gasteiger partial charge on any atom is -0.356 e. The SMILES string of the molecule is O=C(Nc1ccc(NC(=O)c2cc(Cl)c[nH]2)c2cnccc12)c1cc(Cl)c[nH]1. The number of nitrogens with zero attached hydrogens (tertiary/aromatic N) is 1. The molecule has 7 nitrogen and oxygen atoms in total. The normalized spacial score (nSPS) is 10.8. The van der Waals surface area contributed by atoms with Crippen molar-refractivity contribution in [2.45, 2.75) is 0 Å². The Morgan fingerprint density at radius 1 is 0.821 bits per heavy atom. The fourth-order valence-corrected chi connectivity index (χ4v) is 3.11. The molecule has 0 unspecified atom stereocenters. The summed E-state index contributed by atoms with van der Waals surface area (Å²) in [6.07, 6.45) is 6.29. The Morgan fingerprint density at radius 2 is 1.36 bits per heavy atom. The molecule has 4 aromatic rings. The van der Waals surface area contributed by atoms with Gasteiger partial charge < -0.3 is 20.6 Å². The number of hydrogen-bond donors (Lipinski definition) is 4. The summed E-state index contributed by atoms with van der Waals surface area (Å²) in [7, 11) is 0. The maximum atomic E-state index is 12.4. The molecule has 0 saturated heterocycles. The Morgan fingerprint density at radius 3 is 1.86 bits per heavy atom. The summed E-state index contributed by atoms with van der Waals surface area (Å²) in [5.41, 5.74) is 1.81. The molecule has 1 aromatic carbocycles. The quantitative estimate of drug-likeness (QED) is 0.389. The summed E-state index contributed by atoms with van der Waals surface area (Å²) in [5.74, 6) is -0.669. The van der Waals surface area contributed by atoms with Gasteiger partial charge in [-0.25, -0.2) is 0 Å². The van der Waals surface area contributed by atoms with Crippen molar-refractivity contribution in [3.63, 3.8) is 0 Å². The van der Waals surface area contributed by atoms with Crippen molar-refractivity contribution in [2.24, 2.45) is 0 Å². The molecule has 2 amide bonds. The van der Waals surface area contributed by atoms with Crippen molar-refractivity contribution < 1.29 is 9.59 Å². The number of H-pyrrole nitrogens is 2. The molecule has 0 radical (unpaired) electrons. The first-order valence-electron chi connectivity index (χ1n) is 8.18. The van der Waals surface area contributed by atoms with Gasteiger partial charge >= 0.3 is 0 Å². The van der Waals surface area contributed by atoms with Gasteiger partial charge in [0.05, 0.1) is 15.7 Å². The van der Waals surface area contributed by atoms with E-state index in [0.29, 0.717) is 38.2 Å². The van der Waals surface area contributed by atoms with Crippen molar-refractivity contribution in [3.8, 4) is 0 Å². The second-order valence-electron chi connectivity index (χ2n) is 5.95. The van der Waals surface area contributed by atoms with Crippen LogP contribution in [0.15, 0.2) is 55.1 Å². The highest BCUT2D eigenvalue weighted by Gasteiger charge is 2.14. The summed E-state index contributed by atoms with van der Waals surface area (Å²) in [6, 6.07) is 8.24. The van der Waals surface area contributed by atoms with E-state index in [1.807, 2.05) is 0 Å². The van der Waals surface area contributed by atoms with Gasteiger partial charge in [0.1, 0.15) is 11.4 Å². The number of benzene rings is 1. The molecule has 0 aliphatic rings. The van der Waals surface area contributed by atoms with Gasteiger partial charge in [0.15, 0.2) is 0 Å². The van der Waals surface area contributed by atoms with Gasteiger partial charge in [0.2, 0.25) is 0 Å². The number of carbonyl (C=O) groups excluding carboxylic acids is 2. The third-order valence-electron chi connectivity index (χ3n) is 4.10. The van der Waals surface area contributed by atoms with Crippen molar-refractivity contribution in [3.05, 3.63) is 76.6 Å². The van der Waals surface area contributed by atoms with Gasteiger partial charge in [-0.2, -0.15) is 0 Å². The standard InChI is InChI=1S/C19H13Cl2N5O2/c20-10-5-16(23-7-10)18(27)25-14-1-2-15(13-9-22-4-3-12(13)14)26-19(28)17-6-11(21)8-24-17/h1-9,23-24H,(H,25,27)(H,26,28). The van der Waals surface area contributed by atoms with Crippen LogP contribution in [0.5, 0.6) is 0 Å². The molecule has 0 saturated carbocycles. The van der Waals surface area contributed by atoms with Gasteiger partial charge in [0.25, 0.3) is 11.8 Å². The smallest absolute Gasteiger partial charge is 0.272 e. The average molecular weight is 414 g/mol. The molecule has 0 spiro atoms. The monoisotopic (exact) mass is 413 g/mol. The van der Waals surface area contributed by atoms with Crippen molar-refractivity contribution >= 4 is 57.2 Å². The van der Waals surface area contributed by atoms with Crippen LogP contribution >= 0.6 is 23.2 Å². The Hall–Kier alpha value is -3.29. The lowest BCUT2D eigenvalue weighted by Crippen LogP contribution is -2.14. The molecular weight excluding hydrogens is 401 g/mol. The number of amides is 2. The van der Waals surface area contributed by atoms with E-state index in [-0.39, 0.29) is 11.8 Å². The van der Waals surface area contributed by atoms with E-state index in [1.165, 1.54) is 24.5 Å². The number of nitrogens with one attached hydrogen (secondary N) is 4. The molecule has 28 heavy (non-hydrogen) atoms. The summed E-state index contributed by atoms with van der Waals surface area (Å²) in [4.78, 5) is 34.6. The van der Waals surface area contributed by atoms with E-state index in [2.05, 4.69) is 25.6 Å². The maximum absolute atomic E-state index is 12.4. The van der Waals surface area contributed by atoms with E-state index in [9.17, 15) is 9.59 Å². The first-order valence-corrected chi connectivity index (χ1v) is 8.94. The minimum absolute atomic E-state index is 0.331. The van der Waals surface area contributed by atoms with Gasteiger partial charge in [-0.3, -0.25) is 14.6 Å². The van der Waals surface area contributed by atoms with Crippen LogP contribution in [0.1, 0.15) is 21.0 Å². The molecule has 0 fully saturated rings. The molecule has 3 heterocycles. The van der Waals surface area contributed by atoms with Gasteiger partial charge in [0, 0.05) is 41.2 Å². The third kappa shape index (κ3) is 3.58. The van der Waals surface area contributed by atoms with Crippen molar-refractivity contribution in [1.29, 1.82) is 0 Å². The Balaban J connectivity index is 1.65. The largest absolute Gasteiger partial charge is 0.356 e. The fourth-order valence-electron chi connectivity index (χ4n) is 2.79. The Kier molecular flexibility index (Phi) is 4.77. The van der Waals surface area contributed by atoms with Crippen LogP contribution in [0.2, 0.25) is 10.0 Å². The Labute approximate surface area is 169 Å². The summed E-state index contributed by atoms with van der Waals surface area (Å²) >= 11 is 11.7. The number of aromatic amines is 2. The van der Waals surface area contributed by atoms with E-state index in [0.717, 1.165) is 5.39 Å². The molecule has 0 bridgehead atoms. The number of hydrogen-bond acceptors (Lipinski definition) is 3. The Bertz CT molecular complexity index is 1110. The highest BCUT2D eigenvalue weighted by molar-refractivity contribution is 6.31. The lowest BCUT2D eigenvalue weighted by Gasteiger charge is -2.12. The maximum Gasteiger partial charge on any atom is 0.272 e. The van der Waals surface area contributed by atoms with Gasteiger partial charge in [-0.05, 0) is 30.3 Å². The molecular formula is C19H13Cl2N5O2. The molecule has 3 aromatic heterocycles. The number of halogens is 2. The molecule has 4 N–H and O–H groups in total. The van der Waals surface area contributed by atoms with Gasteiger partial charge in [-0.1, -0.05) is 23.2 Å². The number of anilines is 2. The van der Waals surface area contributed by atoms with Crippen LogP contribution in [-0.2, 0) is 0 Å². The summed E-state index contributed by atoms with van der Waals surface area (Å²) in [5, 5.41) is 7.95. The van der Waals surface area contributed by atoms with Crippen molar-refractivity contribution in [2.75, 3.05) is 10.6 Å². The van der Waals surface area contributed by atoms with E-state index in [1.54, 1.807) is 30.6 Å². The average Bonchev–Trinajstić information content (AvgIpc) is 3.32. The molecule has 4 rings (SSSR count). The molecule has 0 aliphatic heterocycles. The number of fused-ring (bicyclic) bond motifs is 1. The van der Waals surface area contributed by atoms with Crippen LogP contribution in [-0.4, -0.2) is 26.8 Å². The van der Waals surface area contributed by atoms with E-state index >= 15 is 0 Å². The predicted molar refractivity (Wildman–Crippen MR) is 109 cm³/mol. The van der Waals surface area contributed by atoms with Crippen LogP contribution in [0.25, 0.3) is 10.8 Å². The van der Waals surface area contributed by atoms with Crippen LogP contribution in [0.4, 0.5) is 11.4 Å². The molecule has 140 valence electrons. The lowest BCUT2D eigenvalue weighted by atomic mass is 10.1. The summed E-state index contributed by atoms with van der Waals surface area (Å²) < 4.78 is 0. The first-order chi connectivity index (χ1) is 13.5. The van der Waals surface area contributed by atoms with Gasteiger partial charge in [-0.15, -0.1) is 0 Å². The van der Waals surface area contributed by atoms with E-state index < -0.39 is 0 Å². The second-order valence-corrected chi connectivity index (χ2v) is 6.83. The zero-order valence-electron chi connectivity index (χ0n) is 14.2. The minimum atomic E-state index is -0.338. The fraction of sp³-hybridized carbons (Fsp3) is 0. The number of pyridine rings is 1. The zero-order valence-corrected chi connectivity index (χ0v) is 15.7. The lowest BCUT2D eigenvalue weighted by molar-refractivity contribution is 0.101.